The van der Waals surface area contributed by atoms with Crippen molar-refractivity contribution >= 4 is 0 Å². The van der Waals surface area contributed by atoms with Gasteiger partial charge in [0.1, 0.15) is 12.4 Å². The molecule has 1 aromatic carbocycles. The van der Waals surface area contributed by atoms with E-state index in [4.69, 9.17) is 10.00 Å². The van der Waals surface area contributed by atoms with Crippen LogP contribution in [0.4, 0.5) is 0 Å². The van der Waals surface area contributed by atoms with Gasteiger partial charge < -0.3 is 4.74 Å². The minimum Gasteiger partial charge on any atom is -0.487 e. The number of H-pyrrole nitrogens is 1. The summed E-state index contributed by atoms with van der Waals surface area (Å²) in [6.45, 7) is 0.403. The van der Waals surface area contributed by atoms with Crippen LogP contribution in [-0.2, 0) is 6.61 Å². The maximum atomic E-state index is 8.86. The van der Waals surface area contributed by atoms with Gasteiger partial charge in [0.05, 0.1) is 29.2 Å². The highest BCUT2D eigenvalue weighted by atomic mass is 16.5. The van der Waals surface area contributed by atoms with E-state index < -0.39 is 0 Å². The third kappa shape index (κ3) is 3.07. The Hall–Kier alpha value is -3.13. The SMILES string of the molecule is N#Cc1cccc(COc2ccc(-c3ccn[nH]3)nc2)c1. The molecule has 0 fully saturated rings. The highest BCUT2D eigenvalue weighted by molar-refractivity contribution is 5.53. The standard InChI is InChI=1S/C16H12N4O/c17-9-12-2-1-3-13(8-12)11-21-14-4-5-15(18-10-14)16-6-7-19-20-16/h1-8,10H,11H2,(H,19,20). The van der Waals surface area contributed by atoms with E-state index in [0.29, 0.717) is 17.9 Å². The van der Waals surface area contributed by atoms with Crippen LogP contribution in [0, 0.1) is 11.3 Å². The summed E-state index contributed by atoms with van der Waals surface area (Å²) >= 11 is 0. The Morgan fingerprint density at radius 3 is 2.86 bits per heavy atom. The van der Waals surface area contributed by atoms with Crippen LogP contribution in [-0.4, -0.2) is 15.2 Å². The van der Waals surface area contributed by atoms with Crippen LogP contribution < -0.4 is 4.74 Å². The maximum Gasteiger partial charge on any atom is 0.138 e. The molecule has 0 spiro atoms. The van der Waals surface area contributed by atoms with E-state index in [1.54, 1.807) is 18.5 Å². The Balaban J connectivity index is 1.67. The molecule has 0 atom stereocenters. The van der Waals surface area contributed by atoms with Crippen molar-refractivity contribution in [3.63, 3.8) is 0 Å². The molecule has 21 heavy (non-hydrogen) atoms. The second kappa shape index (κ2) is 5.88. The number of rotatable bonds is 4. The highest BCUT2D eigenvalue weighted by Crippen LogP contribution is 2.18. The zero-order chi connectivity index (χ0) is 14.5. The Morgan fingerprint density at radius 2 is 2.14 bits per heavy atom. The lowest BCUT2D eigenvalue weighted by atomic mass is 10.1. The van der Waals surface area contributed by atoms with Gasteiger partial charge in [0.15, 0.2) is 0 Å². The number of hydrogen-bond acceptors (Lipinski definition) is 4. The van der Waals surface area contributed by atoms with Gasteiger partial charge in [-0.1, -0.05) is 12.1 Å². The molecule has 0 radical (unpaired) electrons. The molecule has 0 bridgehead atoms. The van der Waals surface area contributed by atoms with Gasteiger partial charge in [-0.2, -0.15) is 10.4 Å². The second-order valence-corrected chi connectivity index (χ2v) is 4.45. The monoisotopic (exact) mass is 276 g/mol. The van der Waals surface area contributed by atoms with E-state index in [1.165, 1.54) is 0 Å². The predicted molar refractivity (Wildman–Crippen MR) is 77.3 cm³/mol. The molecule has 3 aromatic rings. The quantitative estimate of drug-likeness (QED) is 0.795. The van der Waals surface area contributed by atoms with Gasteiger partial charge >= 0.3 is 0 Å². The van der Waals surface area contributed by atoms with Crippen LogP contribution >= 0.6 is 0 Å². The van der Waals surface area contributed by atoms with E-state index in [9.17, 15) is 0 Å². The molecule has 2 heterocycles. The van der Waals surface area contributed by atoms with E-state index in [1.807, 2.05) is 36.4 Å². The van der Waals surface area contributed by atoms with Crippen molar-refractivity contribution in [1.29, 1.82) is 5.26 Å². The van der Waals surface area contributed by atoms with Gasteiger partial charge in [0.2, 0.25) is 0 Å². The van der Waals surface area contributed by atoms with Crippen LogP contribution in [0.1, 0.15) is 11.1 Å². The summed E-state index contributed by atoms with van der Waals surface area (Å²) in [6, 6.07) is 15.0. The predicted octanol–water partition coefficient (Wildman–Crippen LogP) is 2.92. The molecule has 0 saturated heterocycles. The Morgan fingerprint density at radius 1 is 1.19 bits per heavy atom. The largest absolute Gasteiger partial charge is 0.487 e. The van der Waals surface area contributed by atoms with Gasteiger partial charge in [-0.15, -0.1) is 0 Å². The number of benzene rings is 1. The molecule has 0 saturated carbocycles. The number of nitrogens with zero attached hydrogens (tertiary/aromatic N) is 3. The number of aromatic nitrogens is 3. The maximum absolute atomic E-state index is 8.86. The van der Waals surface area contributed by atoms with E-state index in [0.717, 1.165) is 17.0 Å². The average molecular weight is 276 g/mol. The molecule has 3 rings (SSSR count). The summed E-state index contributed by atoms with van der Waals surface area (Å²) in [5.74, 6) is 0.681. The fraction of sp³-hybridized carbons (Fsp3) is 0.0625. The van der Waals surface area contributed by atoms with Crippen molar-refractivity contribution in [3.8, 4) is 23.2 Å². The zero-order valence-electron chi connectivity index (χ0n) is 11.2. The minimum atomic E-state index is 0.403. The van der Waals surface area contributed by atoms with Crippen LogP contribution in [0.5, 0.6) is 5.75 Å². The van der Waals surface area contributed by atoms with Crippen LogP contribution in [0.2, 0.25) is 0 Å². The average Bonchev–Trinajstić information content (AvgIpc) is 3.08. The lowest BCUT2D eigenvalue weighted by molar-refractivity contribution is 0.305. The third-order valence-corrected chi connectivity index (χ3v) is 2.97. The number of ether oxygens (including phenoxy) is 1. The lowest BCUT2D eigenvalue weighted by Gasteiger charge is -2.06. The number of pyridine rings is 1. The molecule has 0 unspecified atom stereocenters. The third-order valence-electron chi connectivity index (χ3n) is 2.97. The number of aromatic amines is 1. The molecule has 0 aliphatic rings. The van der Waals surface area contributed by atoms with Crippen molar-refractivity contribution in [2.75, 3.05) is 0 Å². The lowest BCUT2D eigenvalue weighted by Crippen LogP contribution is -1.96. The van der Waals surface area contributed by atoms with Crippen LogP contribution in [0.3, 0.4) is 0 Å². The van der Waals surface area contributed by atoms with Crippen molar-refractivity contribution in [3.05, 3.63) is 66.0 Å². The Labute approximate surface area is 121 Å². The first-order valence-electron chi connectivity index (χ1n) is 6.43. The fourth-order valence-corrected chi connectivity index (χ4v) is 1.92. The summed E-state index contributed by atoms with van der Waals surface area (Å²) in [7, 11) is 0. The van der Waals surface area contributed by atoms with Crippen molar-refractivity contribution < 1.29 is 4.74 Å². The van der Waals surface area contributed by atoms with E-state index in [2.05, 4.69) is 21.3 Å². The normalized spacial score (nSPS) is 10.0. The topological polar surface area (TPSA) is 74.6 Å². The van der Waals surface area contributed by atoms with Crippen molar-refractivity contribution in [2.45, 2.75) is 6.61 Å². The second-order valence-electron chi connectivity index (χ2n) is 4.45. The Kier molecular flexibility index (Phi) is 3.61. The van der Waals surface area contributed by atoms with Gasteiger partial charge in [0, 0.05) is 6.20 Å². The van der Waals surface area contributed by atoms with Gasteiger partial charge in [-0.3, -0.25) is 10.1 Å². The van der Waals surface area contributed by atoms with Crippen molar-refractivity contribution in [1.82, 2.24) is 15.2 Å². The first-order chi connectivity index (χ1) is 10.3. The molecule has 1 N–H and O–H groups in total. The van der Waals surface area contributed by atoms with Gasteiger partial charge in [-0.05, 0) is 35.9 Å². The molecule has 5 heteroatoms. The van der Waals surface area contributed by atoms with Gasteiger partial charge in [0.25, 0.3) is 0 Å². The first kappa shape index (κ1) is 12.9. The number of nitriles is 1. The molecule has 0 aliphatic heterocycles. The van der Waals surface area contributed by atoms with Crippen LogP contribution in [0.25, 0.3) is 11.4 Å². The molecule has 0 aliphatic carbocycles. The molecule has 102 valence electrons. The van der Waals surface area contributed by atoms with Crippen LogP contribution in [0.15, 0.2) is 54.9 Å². The minimum absolute atomic E-state index is 0.403. The first-order valence-corrected chi connectivity index (χ1v) is 6.43. The summed E-state index contributed by atoms with van der Waals surface area (Å²) in [4.78, 5) is 4.32. The molecule has 2 aromatic heterocycles. The van der Waals surface area contributed by atoms with E-state index >= 15 is 0 Å². The molecule has 0 amide bonds. The van der Waals surface area contributed by atoms with Gasteiger partial charge in [-0.25, -0.2) is 0 Å². The molecule has 5 nitrogen and oxygen atoms in total. The van der Waals surface area contributed by atoms with Crippen molar-refractivity contribution in [2.24, 2.45) is 0 Å². The Bertz CT molecular complexity index is 758. The summed E-state index contributed by atoms with van der Waals surface area (Å²) in [5, 5.41) is 15.6. The molecular weight excluding hydrogens is 264 g/mol. The number of nitrogens with one attached hydrogen (secondary N) is 1. The highest BCUT2D eigenvalue weighted by Gasteiger charge is 2.02. The number of hydrogen-bond donors (Lipinski definition) is 1. The summed E-state index contributed by atoms with van der Waals surface area (Å²) in [6.07, 6.45) is 3.36. The smallest absolute Gasteiger partial charge is 0.138 e. The molecular formula is C16H12N4O. The summed E-state index contributed by atoms with van der Waals surface area (Å²) < 4.78 is 5.67. The fourth-order valence-electron chi connectivity index (χ4n) is 1.92. The van der Waals surface area contributed by atoms with E-state index in [-0.39, 0.29) is 0 Å². The zero-order valence-corrected chi connectivity index (χ0v) is 11.2. The summed E-state index contributed by atoms with van der Waals surface area (Å²) in [5.41, 5.74) is 3.25.